The van der Waals surface area contributed by atoms with E-state index in [1.165, 1.54) is 0 Å². The zero-order valence-electron chi connectivity index (χ0n) is 13.6. The lowest BCUT2D eigenvalue weighted by molar-refractivity contribution is -0.139. The van der Waals surface area contributed by atoms with Crippen molar-refractivity contribution in [2.45, 2.75) is 13.8 Å². The molecular weight excluding hydrogens is 344 g/mol. The zero-order chi connectivity index (χ0) is 18.1. The number of aryl methyl sites for hydroxylation is 2. The number of ether oxygens (including phenoxy) is 1. The number of carbonyl (C=O) groups is 1. The Morgan fingerprint density at radius 2 is 1.96 bits per heavy atom. The maximum Gasteiger partial charge on any atom is 0.341 e. The molecule has 1 aromatic heterocycles. The van der Waals surface area contributed by atoms with Crippen LogP contribution in [0.25, 0.3) is 22.3 Å². The number of carboxylic acid groups (broad SMARTS) is 1. The lowest BCUT2D eigenvalue weighted by Gasteiger charge is -2.13. The van der Waals surface area contributed by atoms with Crippen LogP contribution in [0.4, 0.5) is 0 Å². The second kappa shape index (κ2) is 6.61. The monoisotopic (exact) mass is 358 g/mol. The lowest BCUT2D eigenvalue weighted by Crippen LogP contribution is -2.16. The van der Waals surface area contributed by atoms with Gasteiger partial charge in [0, 0.05) is 5.56 Å². The standard InChI is InChI=1S/C19H15ClO5/c1-10-7-11(2)17-13(8-10)16(23)19(24-9-15(21)22)18(25-17)12-5-3-4-6-14(12)20/h3-8H,9H2,1-2H3,(H,21,22). The van der Waals surface area contributed by atoms with Crippen molar-refractivity contribution in [3.8, 4) is 17.1 Å². The number of aliphatic carboxylic acids is 1. The highest BCUT2D eigenvalue weighted by molar-refractivity contribution is 6.33. The van der Waals surface area contributed by atoms with Crippen LogP contribution in [0.1, 0.15) is 11.1 Å². The van der Waals surface area contributed by atoms with Gasteiger partial charge < -0.3 is 14.3 Å². The minimum atomic E-state index is -1.19. The first-order valence-corrected chi connectivity index (χ1v) is 7.94. The molecule has 1 heterocycles. The van der Waals surface area contributed by atoms with E-state index >= 15 is 0 Å². The molecule has 0 aliphatic heterocycles. The van der Waals surface area contributed by atoms with E-state index in [-0.39, 0.29) is 11.5 Å². The summed E-state index contributed by atoms with van der Waals surface area (Å²) in [6, 6.07) is 10.4. The Hall–Kier alpha value is -2.79. The van der Waals surface area contributed by atoms with Crippen LogP contribution in [0.5, 0.6) is 5.75 Å². The molecule has 1 N–H and O–H groups in total. The molecule has 2 aromatic carbocycles. The van der Waals surface area contributed by atoms with Gasteiger partial charge in [0.2, 0.25) is 11.2 Å². The van der Waals surface area contributed by atoms with Crippen LogP contribution in [0, 0.1) is 13.8 Å². The minimum absolute atomic E-state index is 0.122. The van der Waals surface area contributed by atoms with E-state index in [9.17, 15) is 9.59 Å². The second-order valence-corrected chi connectivity index (χ2v) is 6.12. The van der Waals surface area contributed by atoms with Crippen molar-refractivity contribution in [1.29, 1.82) is 0 Å². The fourth-order valence-electron chi connectivity index (χ4n) is 2.72. The maximum atomic E-state index is 12.9. The van der Waals surface area contributed by atoms with Crippen LogP contribution in [0.3, 0.4) is 0 Å². The topological polar surface area (TPSA) is 76.7 Å². The molecule has 3 aromatic rings. The highest BCUT2D eigenvalue weighted by atomic mass is 35.5. The van der Waals surface area contributed by atoms with Crippen molar-refractivity contribution in [3.63, 3.8) is 0 Å². The summed E-state index contributed by atoms with van der Waals surface area (Å²) in [4.78, 5) is 23.8. The van der Waals surface area contributed by atoms with Gasteiger partial charge in [-0.25, -0.2) is 4.79 Å². The van der Waals surface area contributed by atoms with E-state index < -0.39 is 18.0 Å². The molecule has 0 amide bonds. The smallest absolute Gasteiger partial charge is 0.341 e. The third-order valence-electron chi connectivity index (χ3n) is 3.74. The van der Waals surface area contributed by atoms with Gasteiger partial charge >= 0.3 is 5.97 Å². The van der Waals surface area contributed by atoms with Crippen LogP contribution in [-0.4, -0.2) is 17.7 Å². The van der Waals surface area contributed by atoms with E-state index in [0.29, 0.717) is 21.6 Å². The van der Waals surface area contributed by atoms with Crippen molar-refractivity contribution >= 4 is 28.5 Å². The molecule has 0 bridgehead atoms. The van der Waals surface area contributed by atoms with Gasteiger partial charge in [-0.1, -0.05) is 29.8 Å². The SMILES string of the molecule is Cc1cc(C)c2oc(-c3ccccc3Cl)c(OCC(=O)O)c(=O)c2c1. The van der Waals surface area contributed by atoms with Gasteiger partial charge in [0.1, 0.15) is 5.58 Å². The Bertz CT molecular complexity index is 1040. The third kappa shape index (κ3) is 3.23. The van der Waals surface area contributed by atoms with E-state index in [4.69, 9.17) is 25.9 Å². The summed E-state index contributed by atoms with van der Waals surface area (Å²) in [6.07, 6.45) is 0. The fraction of sp³-hybridized carbons (Fsp3) is 0.158. The molecule has 0 aliphatic carbocycles. The van der Waals surface area contributed by atoms with Gasteiger partial charge in [0.15, 0.2) is 12.4 Å². The summed E-state index contributed by atoms with van der Waals surface area (Å²) in [5.74, 6) is -1.23. The van der Waals surface area contributed by atoms with Crippen LogP contribution in [-0.2, 0) is 4.79 Å². The van der Waals surface area contributed by atoms with Gasteiger partial charge in [0.25, 0.3) is 0 Å². The van der Waals surface area contributed by atoms with Crippen LogP contribution < -0.4 is 10.2 Å². The van der Waals surface area contributed by atoms with Crippen molar-refractivity contribution in [3.05, 3.63) is 62.8 Å². The Morgan fingerprint density at radius 3 is 2.64 bits per heavy atom. The maximum absolute atomic E-state index is 12.9. The lowest BCUT2D eigenvalue weighted by atomic mass is 10.1. The van der Waals surface area contributed by atoms with Crippen molar-refractivity contribution in [2.24, 2.45) is 0 Å². The molecule has 3 rings (SSSR count). The Balaban J connectivity index is 2.37. The first kappa shape index (κ1) is 17.0. The fourth-order valence-corrected chi connectivity index (χ4v) is 2.94. The molecule has 25 heavy (non-hydrogen) atoms. The summed E-state index contributed by atoms with van der Waals surface area (Å²) in [7, 11) is 0. The zero-order valence-corrected chi connectivity index (χ0v) is 14.4. The summed E-state index contributed by atoms with van der Waals surface area (Å²) < 4.78 is 11.2. The summed E-state index contributed by atoms with van der Waals surface area (Å²) in [6.45, 7) is 3.05. The van der Waals surface area contributed by atoms with Crippen LogP contribution in [0.15, 0.2) is 45.6 Å². The Morgan fingerprint density at radius 1 is 1.24 bits per heavy atom. The first-order valence-electron chi connectivity index (χ1n) is 7.56. The van der Waals surface area contributed by atoms with Gasteiger partial charge in [0.05, 0.1) is 10.4 Å². The molecular formula is C19H15ClO5. The van der Waals surface area contributed by atoms with Crippen molar-refractivity contribution < 1.29 is 19.1 Å². The van der Waals surface area contributed by atoms with Gasteiger partial charge in [-0.15, -0.1) is 0 Å². The Labute approximate surface area is 148 Å². The summed E-state index contributed by atoms with van der Waals surface area (Å²) in [5, 5.41) is 9.61. The Kier molecular flexibility index (Phi) is 4.51. The van der Waals surface area contributed by atoms with E-state index in [1.54, 1.807) is 30.3 Å². The largest absolute Gasteiger partial charge is 0.479 e. The molecule has 0 fully saturated rings. The average molecular weight is 359 g/mol. The molecule has 0 radical (unpaired) electrons. The number of hydrogen-bond donors (Lipinski definition) is 1. The van der Waals surface area contributed by atoms with Crippen LogP contribution >= 0.6 is 11.6 Å². The summed E-state index contributed by atoms with van der Waals surface area (Å²) in [5.41, 5.74) is 2.15. The molecule has 0 saturated heterocycles. The molecule has 6 heteroatoms. The van der Waals surface area contributed by atoms with E-state index in [2.05, 4.69) is 0 Å². The first-order chi connectivity index (χ1) is 11.9. The van der Waals surface area contributed by atoms with Crippen LogP contribution in [0.2, 0.25) is 5.02 Å². The quantitative estimate of drug-likeness (QED) is 0.756. The van der Waals surface area contributed by atoms with Crippen molar-refractivity contribution in [2.75, 3.05) is 6.61 Å². The number of rotatable bonds is 4. The second-order valence-electron chi connectivity index (χ2n) is 5.71. The molecule has 0 unspecified atom stereocenters. The highest BCUT2D eigenvalue weighted by Crippen LogP contribution is 2.36. The molecule has 128 valence electrons. The minimum Gasteiger partial charge on any atom is -0.479 e. The van der Waals surface area contributed by atoms with E-state index in [0.717, 1.165) is 11.1 Å². The van der Waals surface area contributed by atoms with Gasteiger partial charge in [-0.3, -0.25) is 4.79 Å². The number of fused-ring (bicyclic) bond motifs is 1. The highest BCUT2D eigenvalue weighted by Gasteiger charge is 2.21. The number of halogens is 1. The third-order valence-corrected chi connectivity index (χ3v) is 4.07. The number of carboxylic acids is 1. The van der Waals surface area contributed by atoms with Crippen molar-refractivity contribution in [1.82, 2.24) is 0 Å². The molecule has 0 atom stereocenters. The predicted octanol–water partition coefficient (Wildman–Crippen LogP) is 4.19. The average Bonchev–Trinajstić information content (AvgIpc) is 2.55. The molecule has 5 nitrogen and oxygen atoms in total. The molecule has 0 aliphatic rings. The van der Waals surface area contributed by atoms with Gasteiger partial charge in [-0.2, -0.15) is 0 Å². The molecule has 0 spiro atoms. The normalized spacial score (nSPS) is 10.8. The van der Waals surface area contributed by atoms with E-state index in [1.807, 2.05) is 19.9 Å². The number of benzene rings is 2. The van der Waals surface area contributed by atoms with Gasteiger partial charge in [-0.05, 0) is 43.2 Å². The molecule has 0 saturated carbocycles. The predicted molar refractivity (Wildman–Crippen MR) is 95.5 cm³/mol. The number of hydrogen-bond acceptors (Lipinski definition) is 4. The summed E-state index contributed by atoms with van der Waals surface area (Å²) >= 11 is 6.23.